The van der Waals surface area contributed by atoms with Gasteiger partial charge in [-0.3, -0.25) is 14.9 Å². The van der Waals surface area contributed by atoms with Crippen molar-refractivity contribution in [3.63, 3.8) is 0 Å². The lowest BCUT2D eigenvalue weighted by molar-refractivity contribution is -0.384. The van der Waals surface area contributed by atoms with Crippen LogP contribution in [0.1, 0.15) is 21.7 Å². The molecule has 8 nitrogen and oxygen atoms in total. The summed E-state index contributed by atoms with van der Waals surface area (Å²) in [6.45, 7) is 1.77. The number of rotatable bonds is 6. The molecule has 3 aromatic carbocycles. The molecular formula is C24H19N3O5. The summed E-state index contributed by atoms with van der Waals surface area (Å²) in [6.07, 6.45) is 1.38. The molecule has 0 saturated carbocycles. The van der Waals surface area contributed by atoms with Crippen LogP contribution < -0.4 is 10.2 Å². The van der Waals surface area contributed by atoms with Crippen molar-refractivity contribution < 1.29 is 18.9 Å². The molecule has 0 aliphatic carbocycles. The second-order valence-electron chi connectivity index (χ2n) is 7.06. The fourth-order valence-corrected chi connectivity index (χ4v) is 3.39. The van der Waals surface area contributed by atoms with E-state index in [-0.39, 0.29) is 5.69 Å². The highest BCUT2D eigenvalue weighted by Gasteiger charge is 2.14. The Kier molecular flexibility index (Phi) is 5.67. The first-order chi connectivity index (χ1) is 15.5. The fraction of sp³-hybridized carbons (Fsp3) is 0.0833. The molecule has 0 fully saturated rings. The van der Waals surface area contributed by atoms with Gasteiger partial charge in [0.05, 0.1) is 23.8 Å². The lowest BCUT2D eigenvalue weighted by atomic mass is 10.1. The summed E-state index contributed by atoms with van der Waals surface area (Å²) in [5.74, 6) is 0.997. The van der Waals surface area contributed by atoms with E-state index in [1.54, 1.807) is 37.3 Å². The number of non-ortho nitro benzene ring substituents is 1. The molecule has 1 amide bonds. The Balaban J connectivity index is 1.50. The Hall–Kier alpha value is -4.46. The number of aryl methyl sites for hydroxylation is 1. The van der Waals surface area contributed by atoms with E-state index in [0.717, 1.165) is 16.3 Å². The second-order valence-corrected chi connectivity index (χ2v) is 7.06. The molecule has 4 rings (SSSR count). The smallest absolute Gasteiger partial charge is 0.275 e. The number of nitrogens with one attached hydrogen (secondary N) is 1. The lowest BCUT2D eigenvalue weighted by Crippen LogP contribution is -2.18. The first-order valence-corrected chi connectivity index (χ1v) is 9.71. The van der Waals surface area contributed by atoms with Gasteiger partial charge < -0.3 is 9.15 Å². The third-order valence-corrected chi connectivity index (χ3v) is 4.98. The number of amides is 1. The number of carbonyl (C=O) groups is 1. The van der Waals surface area contributed by atoms with Gasteiger partial charge in [0.1, 0.15) is 17.3 Å². The number of furan rings is 1. The van der Waals surface area contributed by atoms with Gasteiger partial charge >= 0.3 is 0 Å². The van der Waals surface area contributed by atoms with Crippen LogP contribution in [0.4, 0.5) is 5.69 Å². The van der Waals surface area contributed by atoms with Crippen molar-refractivity contribution in [2.75, 3.05) is 7.11 Å². The van der Waals surface area contributed by atoms with Crippen LogP contribution in [0.25, 0.3) is 22.1 Å². The van der Waals surface area contributed by atoms with Gasteiger partial charge in [-0.1, -0.05) is 24.3 Å². The molecule has 0 aliphatic heterocycles. The number of carbonyl (C=O) groups excluding carboxylic acids is 1. The molecule has 0 radical (unpaired) electrons. The number of ether oxygens (including phenoxy) is 1. The molecule has 0 atom stereocenters. The number of benzene rings is 3. The van der Waals surface area contributed by atoms with E-state index in [2.05, 4.69) is 10.5 Å². The third-order valence-electron chi connectivity index (χ3n) is 4.98. The van der Waals surface area contributed by atoms with Crippen LogP contribution in [0.15, 0.2) is 76.2 Å². The number of hydrogen-bond acceptors (Lipinski definition) is 6. The number of fused-ring (bicyclic) bond motifs is 1. The van der Waals surface area contributed by atoms with Gasteiger partial charge in [0.2, 0.25) is 0 Å². The Morgan fingerprint density at radius 2 is 1.84 bits per heavy atom. The van der Waals surface area contributed by atoms with E-state index >= 15 is 0 Å². The molecular weight excluding hydrogens is 410 g/mol. The standard InChI is InChI=1S/C24H19N3O5/c1-15-11-18(27(29)30)7-9-20(15)22-10-8-19(32-22)14-25-26-24(28)21-12-16-5-3-4-6-17(16)13-23(21)31-2/h3-14H,1-2H3,(H,26,28). The zero-order chi connectivity index (χ0) is 22.7. The van der Waals surface area contributed by atoms with Crippen LogP contribution in [0, 0.1) is 17.0 Å². The van der Waals surface area contributed by atoms with Crippen molar-refractivity contribution in [3.8, 4) is 17.1 Å². The van der Waals surface area contributed by atoms with E-state index in [0.29, 0.717) is 28.4 Å². The van der Waals surface area contributed by atoms with Gasteiger partial charge in [-0.25, -0.2) is 5.43 Å². The zero-order valence-corrected chi connectivity index (χ0v) is 17.4. The van der Waals surface area contributed by atoms with Gasteiger partial charge in [-0.05, 0) is 53.6 Å². The number of methoxy groups -OCH3 is 1. The van der Waals surface area contributed by atoms with E-state index in [9.17, 15) is 14.9 Å². The predicted molar refractivity (Wildman–Crippen MR) is 121 cm³/mol. The maximum atomic E-state index is 12.6. The summed E-state index contributed by atoms with van der Waals surface area (Å²) in [6, 6.07) is 19.2. The molecule has 8 heteroatoms. The number of nitrogens with zero attached hydrogens (tertiary/aromatic N) is 2. The normalized spacial score (nSPS) is 11.1. The molecule has 0 unspecified atom stereocenters. The minimum atomic E-state index is -0.440. The molecule has 0 saturated heterocycles. The molecule has 0 bridgehead atoms. The van der Waals surface area contributed by atoms with Gasteiger partial charge in [0, 0.05) is 17.7 Å². The number of hydrazone groups is 1. The predicted octanol–water partition coefficient (Wildman–Crippen LogP) is 5.09. The summed E-state index contributed by atoms with van der Waals surface area (Å²) < 4.78 is 11.1. The Morgan fingerprint density at radius 3 is 2.53 bits per heavy atom. The van der Waals surface area contributed by atoms with E-state index < -0.39 is 10.8 Å². The Bertz CT molecular complexity index is 1360. The molecule has 1 aromatic heterocycles. The van der Waals surface area contributed by atoms with E-state index in [1.165, 1.54) is 25.5 Å². The summed E-state index contributed by atoms with van der Waals surface area (Å²) in [7, 11) is 1.51. The minimum absolute atomic E-state index is 0.0198. The van der Waals surface area contributed by atoms with Gasteiger partial charge in [-0.15, -0.1) is 0 Å². The first-order valence-electron chi connectivity index (χ1n) is 9.71. The molecule has 32 heavy (non-hydrogen) atoms. The maximum absolute atomic E-state index is 12.6. The van der Waals surface area contributed by atoms with Crippen molar-refractivity contribution in [2.24, 2.45) is 5.10 Å². The van der Waals surface area contributed by atoms with Crippen molar-refractivity contribution >= 4 is 28.6 Å². The average molecular weight is 429 g/mol. The average Bonchev–Trinajstić information content (AvgIpc) is 3.26. The second kappa shape index (κ2) is 8.73. The SMILES string of the molecule is COc1cc2ccccc2cc1C(=O)NN=Cc1ccc(-c2ccc([N+](=O)[O-])cc2C)o1. The summed E-state index contributed by atoms with van der Waals surface area (Å²) in [4.78, 5) is 23.1. The Labute approximate surface area is 183 Å². The molecule has 4 aromatic rings. The van der Waals surface area contributed by atoms with Crippen molar-refractivity contribution in [1.82, 2.24) is 5.43 Å². The summed E-state index contributed by atoms with van der Waals surface area (Å²) in [5.41, 5.74) is 4.32. The van der Waals surface area contributed by atoms with E-state index in [1.807, 2.05) is 24.3 Å². The van der Waals surface area contributed by atoms with Crippen LogP contribution in [-0.2, 0) is 0 Å². The van der Waals surface area contributed by atoms with Crippen molar-refractivity contribution in [3.05, 3.63) is 93.7 Å². The minimum Gasteiger partial charge on any atom is -0.496 e. The van der Waals surface area contributed by atoms with Crippen molar-refractivity contribution in [1.29, 1.82) is 0 Å². The highest BCUT2D eigenvalue weighted by molar-refractivity contribution is 6.01. The summed E-state index contributed by atoms with van der Waals surface area (Å²) in [5, 5.41) is 16.8. The highest BCUT2D eigenvalue weighted by Crippen LogP contribution is 2.28. The zero-order valence-electron chi connectivity index (χ0n) is 17.4. The number of hydrogen-bond donors (Lipinski definition) is 1. The van der Waals surface area contributed by atoms with Gasteiger partial charge in [0.25, 0.3) is 11.6 Å². The van der Waals surface area contributed by atoms with Crippen LogP contribution >= 0.6 is 0 Å². The van der Waals surface area contributed by atoms with Gasteiger partial charge in [-0.2, -0.15) is 5.10 Å². The molecule has 1 N–H and O–H groups in total. The third kappa shape index (κ3) is 4.20. The quantitative estimate of drug-likeness (QED) is 0.261. The largest absolute Gasteiger partial charge is 0.496 e. The first kappa shape index (κ1) is 20.8. The fourth-order valence-electron chi connectivity index (χ4n) is 3.39. The monoisotopic (exact) mass is 429 g/mol. The van der Waals surface area contributed by atoms with Crippen LogP contribution in [-0.4, -0.2) is 24.2 Å². The number of nitro groups is 1. The highest BCUT2D eigenvalue weighted by atomic mass is 16.6. The number of nitro benzene ring substituents is 1. The van der Waals surface area contributed by atoms with Crippen LogP contribution in [0.5, 0.6) is 5.75 Å². The maximum Gasteiger partial charge on any atom is 0.275 e. The van der Waals surface area contributed by atoms with E-state index in [4.69, 9.17) is 9.15 Å². The van der Waals surface area contributed by atoms with Crippen LogP contribution in [0.3, 0.4) is 0 Å². The van der Waals surface area contributed by atoms with Crippen molar-refractivity contribution in [2.45, 2.75) is 6.92 Å². The molecule has 1 heterocycles. The molecule has 0 spiro atoms. The topological polar surface area (TPSA) is 107 Å². The molecule has 160 valence electrons. The lowest BCUT2D eigenvalue weighted by Gasteiger charge is -2.09. The van der Waals surface area contributed by atoms with Crippen LogP contribution in [0.2, 0.25) is 0 Å². The molecule has 0 aliphatic rings. The Morgan fingerprint density at radius 1 is 1.09 bits per heavy atom. The summed E-state index contributed by atoms with van der Waals surface area (Å²) >= 11 is 0. The van der Waals surface area contributed by atoms with Gasteiger partial charge in [0.15, 0.2) is 0 Å².